The van der Waals surface area contributed by atoms with Crippen LogP contribution in [0.1, 0.15) is 62.4 Å². The number of rotatable bonds is 6. The van der Waals surface area contributed by atoms with Gasteiger partial charge in [0.05, 0.1) is 0 Å². The number of benzene rings is 1. The Labute approximate surface area is 111 Å². The molecule has 0 atom stereocenters. The maximum atomic E-state index is 12.5. The summed E-state index contributed by atoms with van der Waals surface area (Å²) in [6.07, 6.45) is 2.16. The highest BCUT2D eigenvalue weighted by molar-refractivity contribution is 5.95. The first-order chi connectivity index (χ1) is 8.69. The normalized spacial score (nSPS) is 10.7. The van der Waals surface area contributed by atoms with Gasteiger partial charge in [-0.3, -0.25) is 4.79 Å². The quantitative estimate of drug-likeness (QED) is 0.742. The number of carbonyl (C=O) groups is 1. The Morgan fingerprint density at radius 3 is 2.11 bits per heavy atom. The van der Waals surface area contributed by atoms with Gasteiger partial charge >= 0.3 is 0 Å². The van der Waals surface area contributed by atoms with E-state index in [0.717, 1.165) is 31.5 Å². The molecule has 0 aliphatic heterocycles. The zero-order valence-corrected chi connectivity index (χ0v) is 12.1. The number of hydrogen-bond acceptors (Lipinski definition) is 1. The SMILES string of the molecule is CCC(CC)c1ccccc1C(=O)N(CC)CC. The summed E-state index contributed by atoms with van der Waals surface area (Å²) in [6.45, 7) is 9.97. The Morgan fingerprint density at radius 2 is 1.61 bits per heavy atom. The smallest absolute Gasteiger partial charge is 0.254 e. The van der Waals surface area contributed by atoms with Gasteiger partial charge in [-0.1, -0.05) is 32.0 Å². The largest absolute Gasteiger partial charge is 0.339 e. The van der Waals surface area contributed by atoms with Crippen LogP contribution in [0.3, 0.4) is 0 Å². The van der Waals surface area contributed by atoms with Gasteiger partial charge in [0.15, 0.2) is 0 Å². The Hall–Kier alpha value is -1.31. The molecule has 0 spiro atoms. The Balaban J connectivity index is 3.12. The van der Waals surface area contributed by atoms with Gasteiger partial charge < -0.3 is 4.90 Å². The lowest BCUT2D eigenvalue weighted by atomic mass is 9.89. The third-order valence-corrected chi connectivity index (χ3v) is 3.67. The molecule has 0 heterocycles. The van der Waals surface area contributed by atoms with E-state index < -0.39 is 0 Å². The molecule has 2 heteroatoms. The average Bonchev–Trinajstić information content (AvgIpc) is 2.42. The number of amides is 1. The van der Waals surface area contributed by atoms with E-state index in [1.54, 1.807) is 0 Å². The zero-order valence-electron chi connectivity index (χ0n) is 12.1. The van der Waals surface area contributed by atoms with E-state index in [-0.39, 0.29) is 5.91 Å². The molecule has 0 saturated carbocycles. The molecular weight excluding hydrogens is 222 g/mol. The van der Waals surface area contributed by atoms with Crippen molar-refractivity contribution in [1.29, 1.82) is 0 Å². The van der Waals surface area contributed by atoms with Gasteiger partial charge in [0.2, 0.25) is 0 Å². The highest BCUT2D eigenvalue weighted by atomic mass is 16.2. The summed E-state index contributed by atoms with van der Waals surface area (Å²) < 4.78 is 0. The standard InChI is InChI=1S/C16H25NO/c1-5-13(6-2)14-11-9-10-12-15(14)16(18)17(7-3)8-4/h9-13H,5-8H2,1-4H3. The molecular formula is C16H25NO. The fourth-order valence-corrected chi connectivity index (χ4v) is 2.46. The molecule has 0 aliphatic rings. The molecule has 2 nitrogen and oxygen atoms in total. The Kier molecular flexibility index (Phi) is 5.90. The van der Waals surface area contributed by atoms with E-state index >= 15 is 0 Å². The van der Waals surface area contributed by atoms with Crippen LogP contribution in [0, 0.1) is 0 Å². The maximum Gasteiger partial charge on any atom is 0.254 e. The van der Waals surface area contributed by atoms with Crippen molar-refractivity contribution in [2.24, 2.45) is 0 Å². The molecule has 0 unspecified atom stereocenters. The molecule has 0 saturated heterocycles. The first-order valence-electron chi connectivity index (χ1n) is 7.07. The molecule has 18 heavy (non-hydrogen) atoms. The number of carbonyl (C=O) groups excluding carboxylic acids is 1. The highest BCUT2D eigenvalue weighted by Gasteiger charge is 2.19. The zero-order chi connectivity index (χ0) is 13.5. The molecule has 0 radical (unpaired) electrons. The molecule has 1 aromatic carbocycles. The predicted octanol–water partition coefficient (Wildman–Crippen LogP) is 4.07. The second-order valence-electron chi connectivity index (χ2n) is 4.58. The fraction of sp³-hybridized carbons (Fsp3) is 0.562. The predicted molar refractivity (Wildman–Crippen MR) is 77.0 cm³/mol. The van der Waals surface area contributed by atoms with Gasteiger partial charge in [0, 0.05) is 18.7 Å². The summed E-state index contributed by atoms with van der Waals surface area (Å²) in [7, 11) is 0. The van der Waals surface area contributed by atoms with E-state index in [2.05, 4.69) is 19.9 Å². The van der Waals surface area contributed by atoms with Crippen LogP contribution in [0.5, 0.6) is 0 Å². The second-order valence-corrected chi connectivity index (χ2v) is 4.58. The Bertz CT molecular complexity index is 378. The van der Waals surface area contributed by atoms with E-state index in [0.29, 0.717) is 5.92 Å². The van der Waals surface area contributed by atoms with Crippen LogP contribution in [0.4, 0.5) is 0 Å². The molecule has 0 aromatic heterocycles. The third-order valence-electron chi connectivity index (χ3n) is 3.67. The topological polar surface area (TPSA) is 20.3 Å². The van der Waals surface area contributed by atoms with Gasteiger partial charge in [-0.15, -0.1) is 0 Å². The third kappa shape index (κ3) is 3.12. The Morgan fingerprint density at radius 1 is 1.06 bits per heavy atom. The van der Waals surface area contributed by atoms with Crippen molar-refractivity contribution in [3.8, 4) is 0 Å². The van der Waals surface area contributed by atoms with Gasteiger partial charge in [-0.05, 0) is 44.2 Å². The van der Waals surface area contributed by atoms with Crippen molar-refractivity contribution in [1.82, 2.24) is 4.90 Å². The molecule has 1 amide bonds. The first-order valence-corrected chi connectivity index (χ1v) is 7.07. The average molecular weight is 247 g/mol. The van der Waals surface area contributed by atoms with Crippen molar-refractivity contribution in [3.63, 3.8) is 0 Å². The minimum absolute atomic E-state index is 0.169. The van der Waals surface area contributed by atoms with Crippen LogP contribution in [0.25, 0.3) is 0 Å². The minimum Gasteiger partial charge on any atom is -0.339 e. The lowest BCUT2D eigenvalue weighted by molar-refractivity contribution is 0.0771. The van der Waals surface area contributed by atoms with Crippen LogP contribution in [0.2, 0.25) is 0 Å². The number of nitrogens with zero attached hydrogens (tertiary/aromatic N) is 1. The van der Waals surface area contributed by atoms with Gasteiger partial charge in [-0.25, -0.2) is 0 Å². The van der Waals surface area contributed by atoms with Gasteiger partial charge in [0.25, 0.3) is 5.91 Å². The van der Waals surface area contributed by atoms with Crippen LogP contribution in [0.15, 0.2) is 24.3 Å². The highest BCUT2D eigenvalue weighted by Crippen LogP contribution is 2.26. The van der Waals surface area contributed by atoms with E-state index in [4.69, 9.17) is 0 Å². The summed E-state index contributed by atoms with van der Waals surface area (Å²) in [5.74, 6) is 0.656. The summed E-state index contributed by atoms with van der Waals surface area (Å²) in [6, 6.07) is 8.07. The van der Waals surface area contributed by atoms with Gasteiger partial charge in [0.1, 0.15) is 0 Å². The van der Waals surface area contributed by atoms with Crippen molar-refractivity contribution >= 4 is 5.91 Å². The van der Waals surface area contributed by atoms with Crippen molar-refractivity contribution in [2.75, 3.05) is 13.1 Å². The van der Waals surface area contributed by atoms with Crippen LogP contribution in [-0.4, -0.2) is 23.9 Å². The van der Waals surface area contributed by atoms with Crippen molar-refractivity contribution in [2.45, 2.75) is 46.5 Å². The molecule has 0 bridgehead atoms. The van der Waals surface area contributed by atoms with Crippen molar-refractivity contribution in [3.05, 3.63) is 35.4 Å². The molecule has 0 aliphatic carbocycles. The summed E-state index contributed by atoms with van der Waals surface area (Å²) in [5.41, 5.74) is 2.09. The molecule has 0 N–H and O–H groups in total. The lowest BCUT2D eigenvalue weighted by Crippen LogP contribution is -2.31. The number of hydrogen-bond donors (Lipinski definition) is 0. The monoisotopic (exact) mass is 247 g/mol. The summed E-state index contributed by atoms with van der Waals surface area (Å²) >= 11 is 0. The fourth-order valence-electron chi connectivity index (χ4n) is 2.46. The maximum absolute atomic E-state index is 12.5. The van der Waals surface area contributed by atoms with E-state index in [9.17, 15) is 4.79 Å². The van der Waals surface area contributed by atoms with Crippen LogP contribution in [-0.2, 0) is 0 Å². The first kappa shape index (κ1) is 14.7. The van der Waals surface area contributed by atoms with Crippen molar-refractivity contribution < 1.29 is 4.79 Å². The lowest BCUT2D eigenvalue weighted by Gasteiger charge is -2.23. The molecule has 100 valence electrons. The van der Waals surface area contributed by atoms with E-state index in [1.165, 1.54) is 5.56 Å². The summed E-state index contributed by atoms with van der Waals surface area (Å²) in [5, 5.41) is 0. The molecule has 1 rings (SSSR count). The van der Waals surface area contributed by atoms with E-state index in [1.807, 2.05) is 36.9 Å². The second kappa shape index (κ2) is 7.20. The van der Waals surface area contributed by atoms with Crippen LogP contribution < -0.4 is 0 Å². The molecule has 0 fully saturated rings. The minimum atomic E-state index is 0.169. The molecule has 1 aromatic rings. The summed E-state index contributed by atoms with van der Waals surface area (Å²) in [4.78, 5) is 14.4. The van der Waals surface area contributed by atoms with Crippen LogP contribution >= 0.6 is 0 Å². The van der Waals surface area contributed by atoms with Gasteiger partial charge in [-0.2, -0.15) is 0 Å².